The minimum atomic E-state index is -3.86. The van der Waals surface area contributed by atoms with Gasteiger partial charge >= 0.3 is 0 Å². The lowest BCUT2D eigenvalue weighted by molar-refractivity contribution is 0.251. The highest BCUT2D eigenvalue weighted by Gasteiger charge is 2.31. The second-order valence-electron chi connectivity index (χ2n) is 7.67. The number of rotatable bonds is 8. The van der Waals surface area contributed by atoms with E-state index in [0.717, 1.165) is 36.8 Å². The Bertz CT molecular complexity index is 1060. The molecule has 1 fully saturated rings. The zero-order chi connectivity index (χ0) is 21.0. The van der Waals surface area contributed by atoms with Gasteiger partial charge in [0.15, 0.2) is 0 Å². The van der Waals surface area contributed by atoms with E-state index < -0.39 is 10.0 Å². The number of hydrogen-bond donors (Lipinski definition) is 1. The van der Waals surface area contributed by atoms with Crippen LogP contribution in [0.1, 0.15) is 37.3 Å². The maximum absolute atomic E-state index is 13.7. The van der Waals surface area contributed by atoms with Gasteiger partial charge in [-0.05, 0) is 18.4 Å². The Labute approximate surface area is 177 Å². The van der Waals surface area contributed by atoms with E-state index in [1.165, 1.54) is 4.31 Å². The van der Waals surface area contributed by atoms with Gasteiger partial charge in [-0.1, -0.05) is 73.5 Å². The summed E-state index contributed by atoms with van der Waals surface area (Å²) in [7, 11) is -3.86. The summed E-state index contributed by atoms with van der Waals surface area (Å²) in [5.41, 5.74) is 2.12. The number of nitrogens with zero attached hydrogens (tertiary/aromatic N) is 3. The van der Waals surface area contributed by atoms with Crippen molar-refractivity contribution in [3.63, 3.8) is 0 Å². The summed E-state index contributed by atoms with van der Waals surface area (Å²) >= 11 is 0. The molecule has 0 unspecified atom stereocenters. The van der Waals surface area contributed by atoms with Crippen LogP contribution in [0.25, 0.3) is 11.3 Å². The third kappa shape index (κ3) is 4.33. The number of aliphatic hydroxyl groups is 1. The first-order valence-electron chi connectivity index (χ1n) is 10.4. The molecule has 0 saturated heterocycles. The van der Waals surface area contributed by atoms with Crippen molar-refractivity contribution in [3.05, 3.63) is 72.4 Å². The molecule has 7 heteroatoms. The molecule has 1 N–H and O–H groups in total. The van der Waals surface area contributed by atoms with Crippen LogP contribution in [0.2, 0.25) is 0 Å². The normalized spacial score (nSPS) is 15.1. The van der Waals surface area contributed by atoms with Crippen molar-refractivity contribution in [2.75, 3.05) is 13.2 Å². The molecule has 1 aliphatic carbocycles. The zero-order valence-corrected chi connectivity index (χ0v) is 17.7. The van der Waals surface area contributed by atoms with E-state index in [-0.39, 0.29) is 30.6 Å². The first-order valence-corrected chi connectivity index (χ1v) is 11.8. The van der Waals surface area contributed by atoms with Gasteiger partial charge in [-0.3, -0.25) is 4.68 Å². The Balaban J connectivity index is 1.77. The Morgan fingerprint density at radius 2 is 1.63 bits per heavy atom. The number of hydrogen-bond acceptors (Lipinski definition) is 4. The summed E-state index contributed by atoms with van der Waals surface area (Å²) in [6.45, 7) is -0.0177. The Hall–Kier alpha value is -2.48. The summed E-state index contributed by atoms with van der Waals surface area (Å²) < 4.78 is 30.6. The fraction of sp³-hybridized carbons (Fsp3) is 0.348. The second-order valence-corrected chi connectivity index (χ2v) is 9.58. The van der Waals surface area contributed by atoms with Crippen LogP contribution in [-0.4, -0.2) is 40.8 Å². The van der Waals surface area contributed by atoms with E-state index in [2.05, 4.69) is 0 Å². The monoisotopic (exact) mass is 425 g/mol. The molecule has 0 spiro atoms. The van der Waals surface area contributed by atoms with Gasteiger partial charge < -0.3 is 5.11 Å². The van der Waals surface area contributed by atoms with Crippen molar-refractivity contribution in [2.24, 2.45) is 0 Å². The van der Waals surface area contributed by atoms with Crippen LogP contribution in [0, 0.1) is 0 Å². The van der Waals surface area contributed by atoms with Crippen LogP contribution < -0.4 is 0 Å². The molecule has 1 aliphatic rings. The topological polar surface area (TPSA) is 75.4 Å². The molecule has 3 aromatic rings. The molecule has 1 heterocycles. The lowest BCUT2D eigenvalue weighted by Gasteiger charge is -2.21. The molecular weight excluding hydrogens is 398 g/mol. The number of sulfonamides is 1. The van der Waals surface area contributed by atoms with E-state index in [1.54, 1.807) is 6.20 Å². The SMILES string of the molecule is O=S(=O)(c1cn(C2CCCC2)nc1-c1ccccc1)N(CCO)Cc1ccccc1. The van der Waals surface area contributed by atoms with Gasteiger partial charge in [-0.2, -0.15) is 9.40 Å². The van der Waals surface area contributed by atoms with Crippen molar-refractivity contribution in [3.8, 4) is 11.3 Å². The molecule has 0 bridgehead atoms. The third-order valence-electron chi connectivity index (χ3n) is 5.61. The molecule has 2 aromatic carbocycles. The van der Waals surface area contributed by atoms with E-state index in [9.17, 15) is 13.5 Å². The highest BCUT2D eigenvalue weighted by molar-refractivity contribution is 7.89. The maximum Gasteiger partial charge on any atom is 0.247 e. The van der Waals surface area contributed by atoms with Crippen molar-refractivity contribution in [1.82, 2.24) is 14.1 Å². The van der Waals surface area contributed by atoms with Gasteiger partial charge in [0, 0.05) is 24.8 Å². The molecule has 30 heavy (non-hydrogen) atoms. The van der Waals surface area contributed by atoms with Gasteiger partial charge in [-0.15, -0.1) is 0 Å². The summed E-state index contributed by atoms with van der Waals surface area (Å²) in [6, 6.07) is 19.1. The zero-order valence-electron chi connectivity index (χ0n) is 16.9. The van der Waals surface area contributed by atoms with Crippen LogP contribution in [0.3, 0.4) is 0 Å². The van der Waals surface area contributed by atoms with Gasteiger partial charge in [0.1, 0.15) is 10.6 Å². The van der Waals surface area contributed by atoms with Crippen molar-refractivity contribution in [1.29, 1.82) is 0 Å². The van der Waals surface area contributed by atoms with Crippen LogP contribution in [0.5, 0.6) is 0 Å². The quantitative estimate of drug-likeness (QED) is 0.595. The van der Waals surface area contributed by atoms with Crippen LogP contribution >= 0.6 is 0 Å². The first kappa shape index (κ1) is 20.8. The highest BCUT2D eigenvalue weighted by atomic mass is 32.2. The average Bonchev–Trinajstić information content (AvgIpc) is 3.45. The number of aromatic nitrogens is 2. The summed E-state index contributed by atoms with van der Waals surface area (Å²) in [5.74, 6) is 0. The van der Waals surface area contributed by atoms with E-state index in [0.29, 0.717) is 5.69 Å². The first-order chi connectivity index (χ1) is 14.6. The summed E-state index contributed by atoms with van der Waals surface area (Å²) in [4.78, 5) is 0.199. The van der Waals surface area contributed by atoms with Gasteiger partial charge in [0.25, 0.3) is 0 Å². The molecule has 1 saturated carbocycles. The molecule has 0 atom stereocenters. The second kappa shape index (κ2) is 9.12. The number of aliphatic hydroxyl groups excluding tert-OH is 1. The molecule has 158 valence electrons. The molecule has 0 amide bonds. The van der Waals surface area contributed by atoms with Crippen LogP contribution in [0.15, 0.2) is 71.8 Å². The van der Waals surface area contributed by atoms with Gasteiger partial charge in [0.2, 0.25) is 10.0 Å². The molecular formula is C23H27N3O3S. The fourth-order valence-electron chi connectivity index (χ4n) is 4.04. The predicted molar refractivity (Wildman–Crippen MR) is 116 cm³/mol. The Kier molecular flexibility index (Phi) is 6.32. The van der Waals surface area contributed by atoms with E-state index in [1.807, 2.05) is 65.3 Å². The molecule has 0 aliphatic heterocycles. The van der Waals surface area contributed by atoms with E-state index >= 15 is 0 Å². The van der Waals surface area contributed by atoms with Crippen LogP contribution in [0.4, 0.5) is 0 Å². The Morgan fingerprint density at radius 3 is 2.27 bits per heavy atom. The highest BCUT2D eigenvalue weighted by Crippen LogP contribution is 2.34. The molecule has 6 nitrogen and oxygen atoms in total. The smallest absolute Gasteiger partial charge is 0.247 e. The van der Waals surface area contributed by atoms with Crippen molar-refractivity contribution >= 4 is 10.0 Å². The van der Waals surface area contributed by atoms with E-state index in [4.69, 9.17) is 5.10 Å². The minimum Gasteiger partial charge on any atom is -0.395 e. The average molecular weight is 426 g/mol. The lowest BCUT2D eigenvalue weighted by Crippen LogP contribution is -2.33. The minimum absolute atomic E-state index is 0.0278. The fourth-order valence-corrected chi connectivity index (χ4v) is 5.60. The summed E-state index contributed by atoms with van der Waals surface area (Å²) in [6.07, 6.45) is 5.98. The Morgan fingerprint density at radius 1 is 1.00 bits per heavy atom. The standard InChI is InChI=1S/C23H27N3O3S/c27-16-15-25(17-19-9-3-1-4-10-19)30(28,29)22-18-26(21-13-7-8-14-21)24-23(22)20-11-5-2-6-12-20/h1-6,9-12,18,21,27H,7-8,13-17H2. The maximum atomic E-state index is 13.7. The molecule has 0 radical (unpaired) electrons. The molecule has 1 aromatic heterocycles. The summed E-state index contributed by atoms with van der Waals surface area (Å²) in [5, 5.41) is 14.3. The number of benzene rings is 2. The lowest BCUT2D eigenvalue weighted by atomic mass is 10.2. The third-order valence-corrected chi connectivity index (χ3v) is 7.46. The predicted octanol–water partition coefficient (Wildman–Crippen LogP) is 3.85. The van der Waals surface area contributed by atoms with Gasteiger partial charge in [-0.25, -0.2) is 8.42 Å². The largest absolute Gasteiger partial charge is 0.395 e. The molecule has 4 rings (SSSR count). The van der Waals surface area contributed by atoms with Gasteiger partial charge in [0.05, 0.1) is 12.6 Å². The van der Waals surface area contributed by atoms with Crippen molar-refractivity contribution in [2.45, 2.75) is 43.2 Å². The van der Waals surface area contributed by atoms with Crippen molar-refractivity contribution < 1.29 is 13.5 Å². The van der Waals surface area contributed by atoms with Crippen LogP contribution in [-0.2, 0) is 16.6 Å².